The molecule has 1 aliphatic heterocycles. The molecule has 22 heavy (non-hydrogen) atoms. The molecule has 1 saturated heterocycles. The lowest BCUT2D eigenvalue weighted by Crippen LogP contribution is -2.31. The molecule has 0 bridgehead atoms. The van der Waals surface area contributed by atoms with E-state index in [1.54, 1.807) is 12.1 Å². The maximum atomic E-state index is 13.0. The Labute approximate surface area is 128 Å². The van der Waals surface area contributed by atoms with Crippen LogP contribution < -0.4 is 0 Å². The molecule has 1 N–H and O–H groups in total. The number of nitrogens with one attached hydrogen (secondary N) is 1. The molecular weight excluding hydrogens is 285 g/mol. The molecule has 1 aromatic carbocycles. The minimum absolute atomic E-state index is 0.0169. The van der Waals surface area contributed by atoms with Crippen molar-refractivity contribution in [1.29, 1.82) is 0 Å². The van der Waals surface area contributed by atoms with Crippen LogP contribution in [0.4, 0.5) is 4.39 Å². The molecular formula is C16H18FN3O2. The SMILES string of the molecule is COCC(=O)N1CC[C@@H](c2cc(-c3ccc(F)cc3)n[nH]2)C1. The van der Waals surface area contributed by atoms with Gasteiger partial charge in [-0.3, -0.25) is 9.89 Å². The van der Waals surface area contributed by atoms with Crippen LogP contribution in [0, 0.1) is 5.82 Å². The average Bonchev–Trinajstić information content (AvgIpc) is 3.17. The quantitative estimate of drug-likeness (QED) is 0.942. The summed E-state index contributed by atoms with van der Waals surface area (Å²) in [7, 11) is 1.52. The number of aromatic nitrogens is 2. The molecule has 0 spiro atoms. The number of amides is 1. The largest absolute Gasteiger partial charge is 0.375 e. The fourth-order valence-electron chi connectivity index (χ4n) is 2.77. The molecule has 1 amide bonds. The number of carbonyl (C=O) groups is 1. The number of benzene rings is 1. The highest BCUT2D eigenvalue weighted by Gasteiger charge is 2.28. The van der Waals surface area contributed by atoms with Crippen LogP contribution in [0.5, 0.6) is 0 Å². The van der Waals surface area contributed by atoms with E-state index in [0.717, 1.165) is 29.9 Å². The van der Waals surface area contributed by atoms with Gasteiger partial charge in [0, 0.05) is 37.4 Å². The first-order valence-electron chi connectivity index (χ1n) is 7.25. The van der Waals surface area contributed by atoms with Gasteiger partial charge >= 0.3 is 0 Å². The second-order valence-corrected chi connectivity index (χ2v) is 5.47. The molecule has 6 heteroatoms. The molecule has 3 rings (SSSR count). The molecule has 0 saturated carbocycles. The van der Waals surface area contributed by atoms with Crippen LogP contribution in [0.3, 0.4) is 0 Å². The van der Waals surface area contributed by atoms with Gasteiger partial charge in [0.05, 0.1) is 5.69 Å². The Morgan fingerprint density at radius 2 is 2.23 bits per heavy atom. The number of rotatable bonds is 4. The van der Waals surface area contributed by atoms with Gasteiger partial charge in [0.15, 0.2) is 0 Å². The zero-order valence-corrected chi connectivity index (χ0v) is 12.4. The summed E-state index contributed by atoms with van der Waals surface area (Å²) in [6.45, 7) is 1.53. The van der Waals surface area contributed by atoms with Crippen LogP contribution in [0.15, 0.2) is 30.3 Å². The summed E-state index contributed by atoms with van der Waals surface area (Å²) in [5.41, 5.74) is 2.66. The van der Waals surface area contributed by atoms with E-state index in [9.17, 15) is 9.18 Å². The standard InChI is InChI=1S/C16H18FN3O2/c1-22-10-16(21)20-7-6-12(9-20)15-8-14(18-19-15)11-2-4-13(17)5-3-11/h2-5,8,12H,6-7,9-10H2,1H3,(H,18,19)/t12-/m1/s1. The van der Waals surface area contributed by atoms with E-state index in [1.807, 2.05) is 11.0 Å². The van der Waals surface area contributed by atoms with Crippen LogP contribution >= 0.6 is 0 Å². The van der Waals surface area contributed by atoms with Crippen LogP contribution in [-0.4, -0.2) is 47.8 Å². The molecule has 1 fully saturated rings. The number of aromatic amines is 1. The number of halogens is 1. The van der Waals surface area contributed by atoms with Gasteiger partial charge in [-0.25, -0.2) is 4.39 Å². The molecule has 2 aromatic rings. The van der Waals surface area contributed by atoms with Crippen molar-refractivity contribution in [2.45, 2.75) is 12.3 Å². The number of nitrogens with zero attached hydrogens (tertiary/aromatic N) is 2. The third-order valence-electron chi connectivity index (χ3n) is 3.99. The predicted octanol–water partition coefficient (Wildman–Crippen LogP) is 2.18. The van der Waals surface area contributed by atoms with Crippen molar-refractivity contribution in [2.24, 2.45) is 0 Å². The molecule has 1 atom stereocenters. The summed E-state index contributed by atoms with van der Waals surface area (Å²) in [6.07, 6.45) is 0.903. The van der Waals surface area contributed by atoms with Gasteiger partial charge in [-0.15, -0.1) is 0 Å². The number of hydrogen-bond acceptors (Lipinski definition) is 3. The second kappa shape index (κ2) is 6.27. The van der Waals surface area contributed by atoms with E-state index < -0.39 is 0 Å². The number of ether oxygens (including phenoxy) is 1. The maximum absolute atomic E-state index is 13.0. The van der Waals surface area contributed by atoms with Gasteiger partial charge in [0.25, 0.3) is 0 Å². The minimum atomic E-state index is -0.261. The van der Waals surface area contributed by atoms with E-state index >= 15 is 0 Å². The Morgan fingerprint density at radius 1 is 1.45 bits per heavy atom. The maximum Gasteiger partial charge on any atom is 0.248 e. The molecule has 0 radical (unpaired) electrons. The Hall–Kier alpha value is -2.21. The fraction of sp³-hybridized carbons (Fsp3) is 0.375. The minimum Gasteiger partial charge on any atom is -0.375 e. The Morgan fingerprint density at radius 3 is 2.95 bits per heavy atom. The van der Waals surface area contributed by atoms with E-state index in [2.05, 4.69) is 10.2 Å². The topological polar surface area (TPSA) is 58.2 Å². The smallest absolute Gasteiger partial charge is 0.248 e. The van der Waals surface area contributed by atoms with Gasteiger partial charge in [-0.1, -0.05) is 0 Å². The molecule has 1 aromatic heterocycles. The molecule has 1 aliphatic rings. The molecule has 2 heterocycles. The second-order valence-electron chi connectivity index (χ2n) is 5.47. The van der Waals surface area contributed by atoms with Gasteiger partial charge in [0.1, 0.15) is 12.4 Å². The van der Waals surface area contributed by atoms with Crippen molar-refractivity contribution < 1.29 is 13.9 Å². The van der Waals surface area contributed by atoms with Crippen molar-refractivity contribution in [1.82, 2.24) is 15.1 Å². The van der Waals surface area contributed by atoms with Crippen LogP contribution in [0.2, 0.25) is 0 Å². The highest BCUT2D eigenvalue weighted by atomic mass is 19.1. The molecule has 0 unspecified atom stereocenters. The normalized spacial score (nSPS) is 17.9. The Bertz CT molecular complexity index is 654. The summed E-state index contributed by atoms with van der Waals surface area (Å²) in [6, 6.07) is 8.23. The van der Waals surface area contributed by atoms with Crippen molar-refractivity contribution in [3.63, 3.8) is 0 Å². The number of H-pyrrole nitrogens is 1. The third kappa shape index (κ3) is 3.01. The van der Waals surface area contributed by atoms with Crippen molar-refractivity contribution >= 4 is 5.91 Å². The first-order chi connectivity index (χ1) is 10.7. The zero-order chi connectivity index (χ0) is 15.5. The summed E-state index contributed by atoms with van der Waals surface area (Å²) in [5, 5.41) is 7.33. The lowest BCUT2D eigenvalue weighted by molar-refractivity contribution is -0.134. The van der Waals surface area contributed by atoms with E-state index in [-0.39, 0.29) is 24.2 Å². The number of hydrogen-bond donors (Lipinski definition) is 1. The van der Waals surface area contributed by atoms with Crippen molar-refractivity contribution in [3.8, 4) is 11.3 Å². The lowest BCUT2D eigenvalue weighted by atomic mass is 10.0. The summed E-state index contributed by atoms with van der Waals surface area (Å²) < 4.78 is 17.8. The molecule has 116 valence electrons. The lowest BCUT2D eigenvalue weighted by Gasteiger charge is -2.15. The molecule has 5 nitrogen and oxygen atoms in total. The third-order valence-corrected chi connectivity index (χ3v) is 3.99. The Kier molecular flexibility index (Phi) is 4.20. The first kappa shape index (κ1) is 14.7. The zero-order valence-electron chi connectivity index (χ0n) is 12.4. The van der Waals surface area contributed by atoms with Gasteiger partial charge in [-0.05, 0) is 36.8 Å². The number of carbonyl (C=O) groups excluding carboxylic acids is 1. The Balaban J connectivity index is 1.69. The summed E-state index contributed by atoms with van der Waals surface area (Å²) in [4.78, 5) is 13.6. The van der Waals surface area contributed by atoms with Crippen LogP contribution in [-0.2, 0) is 9.53 Å². The average molecular weight is 303 g/mol. The van der Waals surface area contributed by atoms with Gasteiger partial charge in [-0.2, -0.15) is 5.10 Å². The van der Waals surface area contributed by atoms with Crippen LogP contribution in [0.25, 0.3) is 11.3 Å². The monoisotopic (exact) mass is 303 g/mol. The number of methoxy groups -OCH3 is 1. The molecule has 0 aliphatic carbocycles. The number of likely N-dealkylation sites (tertiary alicyclic amines) is 1. The van der Waals surface area contributed by atoms with Crippen LogP contribution in [0.1, 0.15) is 18.0 Å². The fourth-order valence-corrected chi connectivity index (χ4v) is 2.77. The highest BCUT2D eigenvalue weighted by molar-refractivity contribution is 5.77. The first-order valence-corrected chi connectivity index (χ1v) is 7.25. The highest BCUT2D eigenvalue weighted by Crippen LogP contribution is 2.28. The predicted molar refractivity (Wildman–Crippen MR) is 79.8 cm³/mol. The van der Waals surface area contributed by atoms with E-state index in [1.165, 1.54) is 19.2 Å². The van der Waals surface area contributed by atoms with E-state index in [0.29, 0.717) is 6.54 Å². The summed E-state index contributed by atoms with van der Waals surface area (Å²) in [5.74, 6) is 0.00776. The van der Waals surface area contributed by atoms with Crippen molar-refractivity contribution in [3.05, 3.63) is 41.8 Å². The van der Waals surface area contributed by atoms with Crippen molar-refractivity contribution in [2.75, 3.05) is 26.8 Å². The van der Waals surface area contributed by atoms with Gasteiger partial charge in [0.2, 0.25) is 5.91 Å². The summed E-state index contributed by atoms with van der Waals surface area (Å²) >= 11 is 0. The van der Waals surface area contributed by atoms with E-state index in [4.69, 9.17) is 4.74 Å². The van der Waals surface area contributed by atoms with Gasteiger partial charge < -0.3 is 9.64 Å².